The van der Waals surface area contributed by atoms with Gasteiger partial charge in [0.2, 0.25) is 0 Å². The molecule has 15 nitrogen and oxygen atoms in total. The molecule has 3 aromatic carbocycles. The Balaban J connectivity index is 0.000000563. The van der Waals surface area contributed by atoms with Crippen molar-refractivity contribution in [3.8, 4) is 0 Å². The molecular formula is C21H15AlO15S3. The van der Waals surface area contributed by atoms with Crippen LogP contribution in [0.2, 0.25) is 0 Å². The van der Waals surface area contributed by atoms with Gasteiger partial charge in [0, 0.05) is 16.7 Å². The molecule has 19 heteroatoms. The maximum atomic E-state index is 10.6. The molecular weight excluding hydrogens is 615 g/mol. The van der Waals surface area contributed by atoms with Crippen LogP contribution >= 0.6 is 0 Å². The van der Waals surface area contributed by atoms with E-state index in [0.717, 1.165) is 36.4 Å². The molecule has 0 aliphatic carbocycles. The summed E-state index contributed by atoms with van der Waals surface area (Å²) in [6, 6.07) is 14.0. The predicted molar refractivity (Wildman–Crippen MR) is 128 cm³/mol. The smallest absolute Gasteiger partial charge is 0.545 e. The minimum absolute atomic E-state index is 0. The molecule has 0 saturated heterocycles. The molecule has 0 amide bonds. The van der Waals surface area contributed by atoms with Crippen LogP contribution in [-0.4, -0.2) is 74.2 Å². The van der Waals surface area contributed by atoms with Crippen molar-refractivity contribution in [3.05, 3.63) is 89.5 Å². The number of benzene rings is 3. The van der Waals surface area contributed by atoms with Gasteiger partial charge in [-0.1, -0.05) is 54.6 Å². The van der Waals surface area contributed by atoms with Gasteiger partial charge in [0.15, 0.2) is 0 Å². The average molecular weight is 631 g/mol. The number of carbonyl (C=O) groups is 3. The molecule has 0 aliphatic heterocycles. The van der Waals surface area contributed by atoms with Gasteiger partial charge in [0.05, 0.1) is 17.9 Å². The van der Waals surface area contributed by atoms with Crippen LogP contribution in [0.4, 0.5) is 0 Å². The Bertz CT molecular complexity index is 1510. The van der Waals surface area contributed by atoms with E-state index in [-0.39, 0.29) is 17.4 Å². The molecule has 0 heterocycles. The summed E-state index contributed by atoms with van der Waals surface area (Å²) in [6.45, 7) is 0. The van der Waals surface area contributed by atoms with E-state index in [2.05, 4.69) is 0 Å². The monoisotopic (exact) mass is 630 g/mol. The maximum Gasteiger partial charge on any atom is 3.00 e. The molecule has 0 bridgehead atoms. The number of hydrogen-bond donors (Lipinski definition) is 3. The van der Waals surface area contributed by atoms with Gasteiger partial charge in [-0.25, -0.2) is 0 Å². The fraction of sp³-hybridized carbons (Fsp3) is 0. The van der Waals surface area contributed by atoms with Gasteiger partial charge in [-0.15, -0.1) is 0 Å². The normalized spacial score (nSPS) is 10.9. The first-order valence-corrected chi connectivity index (χ1v) is 13.9. The second kappa shape index (κ2) is 14.6. The molecule has 0 spiro atoms. The van der Waals surface area contributed by atoms with E-state index in [1.54, 1.807) is 0 Å². The van der Waals surface area contributed by atoms with Gasteiger partial charge in [-0.05, 0) is 18.2 Å². The SMILES string of the molecule is O=C([O-])c1ccccc1S(=O)(=O)O.O=C([O-])c1ccccc1S(=O)(=O)O.O=C([O-])c1ccccc1S(=O)(=O)O.[Al+3]. The molecule has 3 N–H and O–H groups in total. The number of carboxylic acids is 3. The minimum Gasteiger partial charge on any atom is -0.545 e. The van der Waals surface area contributed by atoms with Crippen LogP contribution in [0.25, 0.3) is 0 Å². The van der Waals surface area contributed by atoms with Crippen molar-refractivity contribution in [1.82, 2.24) is 0 Å². The second-order valence-corrected chi connectivity index (χ2v) is 10.9. The van der Waals surface area contributed by atoms with Crippen LogP contribution in [0.5, 0.6) is 0 Å². The predicted octanol–water partition coefficient (Wildman–Crippen LogP) is -2.49. The van der Waals surface area contributed by atoms with Crippen LogP contribution in [0.1, 0.15) is 31.1 Å². The van der Waals surface area contributed by atoms with E-state index in [0.29, 0.717) is 0 Å². The van der Waals surface area contributed by atoms with Gasteiger partial charge in [-0.3, -0.25) is 13.7 Å². The third kappa shape index (κ3) is 10.8. The molecule has 210 valence electrons. The Morgan fingerprint density at radius 1 is 0.450 bits per heavy atom. The first-order chi connectivity index (χ1) is 17.8. The topological polar surface area (TPSA) is 284 Å². The number of carbonyl (C=O) groups excluding carboxylic acids is 3. The molecule has 0 fully saturated rings. The Morgan fingerprint density at radius 3 is 0.750 bits per heavy atom. The van der Waals surface area contributed by atoms with Crippen LogP contribution in [-0.2, 0) is 30.4 Å². The summed E-state index contributed by atoms with van der Waals surface area (Å²) in [5.74, 6) is -4.94. The number of hydrogen-bond acceptors (Lipinski definition) is 12. The molecule has 40 heavy (non-hydrogen) atoms. The third-order valence-electron chi connectivity index (χ3n) is 4.15. The first kappa shape index (κ1) is 36.3. The zero-order valence-corrected chi connectivity index (χ0v) is 23.1. The summed E-state index contributed by atoms with van der Waals surface area (Å²) in [6.07, 6.45) is 0. The molecule has 0 saturated carbocycles. The Labute approximate surface area is 237 Å². The van der Waals surface area contributed by atoms with Crippen molar-refractivity contribution in [2.75, 3.05) is 0 Å². The van der Waals surface area contributed by atoms with Crippen LogP contribution in [0.3, 0.4) is 0 Å². The molecule has 0 aromatic heterocycles. The van der Waals surface area contributed by atoms with Gasteiger partial charge < -0.3 is 29.7 Å². The molecule has 0 unspecified atom stereocenters. The summed E-state index contributed by atoms with van der Waals surface area (Å²) in [5.41, 5.74) is -1.65. The van der Waals surface area contributed by atoms with E-state index in [1.807, 2.05) is 0 Å². The van der Waals surface area contributed by atoms with Crippen molar-refractivity contribution in [2.45, 2.75) is 14.7 Å². The maximum absolute atomic E-state index is 10.6. The first-order valence-electron chi connectivity index (χ1n) is 9.62. The fourth-order valence-corrected chi connectivity index (χ4v) is 4.62. The molecule has 0 atom stereocenters. The average Bonchev–Trinajstić information content (AvgIpc) is 2.83. The summed E-state index contributed by atoms with van der Waals surface area (Å²) in [4.78, 5) is 29.2. The van der Waals surface area contributed by atoms with E-state index in [4.69, 9.17) is 13.7 Å². The summed E-state index contributed by atoms with van der Waals surface area (Å²) in [7, 11) is -13.5. The number of aromatic carboxylic acids is 3. The van der Waals surface area contributed by atoms with Gasteiger partial charge in [0.25, 0.3) is 30.4 Å². The Hall–Kier alpha value is -3.67. The van der Waals surface area contributed by atoms with Gasteiger partial charge >= 0.3 is 17.4 Å². The Kier molecular flexibility index (Phi) is 13.3. The second-order valence-electron chi connectivity index (χ2n) is 6.78. The van der Waals surface area contributed by atoms with Gasteiger partial charge in [0.1, 0.15) is 14.7 Å². The van der Waals surface area contributed by atoms with E-state index >= 15 is 0 Å². The zero-order chi connectivity index (χ0) is 30.2. The molecule has 3 rings (SSSR count). The molecule has 3 aromatic rings. The summed E-state index contributed by atoms with van der Waals surface area (Å²) >= 11 is 0. The summed E-state index contributed by atoms with van der Waals surface area (Å²) < 4.78 is 89.5. The zero-order valence-electron chi connectivity index (χ0n) is 19.5. The number of rotatable bonds is 6. The Morgan fingerprint density at radius 2 is 0.625 bits per heavy atom. The van der Waals surface area contributed by atoms with Crippen molar-refractivity contribution >= 4 is 65.6 Å². The largest absolute Gasteiger partial charge is 3.00 e. The van der Waals surface area contributed by atoms with Crippen molar-refractivity contribution < 1.29 is 68.6 Å². The summed E-state index contributed by atoms with van der Waals surface area (Å²) in [5, 5.41) is 31.1. The standard InChI is InChI=1S/3C7H6O5S.Al/c3*8-7(9)5-3-1-2-4-6(5)13(10,11)12;/h3*1-4H,(H,8,9)(H,10,11,12);/q;;;+3/p-3. The minimum atomic E-state index is -4.50. The van der Waals surface area contributed by atoms with Crippen LogP contribution in [0, 0.1) is 0 Å². The third-order valence-corrected chi connectivity index (χ3v) is 6.89. The molecule has 0 radical (unpaired) electrons. The van der Waals surface area contributed by atoms with Crippen molar-refractivity contribution in [3.63, 3.8) is 0 Å². The fourth-order valence-electron chi connectivity index (χ4n) is 2.58. The van der Waals surface area contributed by atoms with E-state index in [1.165, 1.54) is 36.4 Å². The van der Waals surface area contributed by atoms with Crippen LogP contribution < -0.4 is 15.3 Å². The van der Waals surface area contributed by atoms with Crippen molar-refractivity contribution in [2.24, 2.45) is 0 Å². The molecule has 0 aliphatic rings. The van der Waals surface area contributed by atoms with Crippen molar-refractivity contribution in [1.29, 1.82) is 0 Å². The number of carboxylic acid groups (broad SMARTS) is 3. The van der Waals surface area contributed by atoms with E-state index in [9.17, 15) is 55.0 Å². The van der Waals surface area contributed by atoms with Gasteiger partial charge in [-0.2, -0.15) is 25.3 Å². The van der Waals surface area contributed by atoms with E-state index < -0.39 is 79.6 Å². The quantitative estimate of drug-likeness (QED) is 0.188. The van der Waals surface area contributed by atoms with Crippen LogP contribution in [0.15, 0.2) is 87.5 Å².